The zero-order valence-electron chi connectivity index (χ0n) is 25.8. The van der Waals surface area contributed by atoms with E-state index in [0.717, 1.165) is 51.4 Å². The average Bonchev–Trinajstić information content (AvgIpc) is 3.82. The summed E-state index contributed by atoms with van der Waals surface area (Å²) in [5, 5.41) is 7.21. The Labute approximate surface area is 249 Å². The predicted molar refractivity (Wildman–Crippen MR) is 163 cm³/mol. The molecule has 4 aliphatic carbocycles. The van der Waals surface area contributed by atoms with E-state index in [1.54, 1.807) is 7.11 Å². The van der Waals surface area contributed by atoms with Crippen molar-refractivity contribution in [2.75, 3.05) is 44.5 Å². The lowest BCUT2D eigenvalue weighted by Crippen LogP contribution is -2.54. The Morgan fingerprint density at radius 1 is 0.976 bits per heavy atom. The van der Waals surface area contributed by atoms with Gasteiger partial charge in [0.2, 0.25) is 15.9 Å². The molecule has 4 aliphatic rings. The van der Waals surface area contributed by atoms with Crippen molar-refractivity contribution in [2.24, 2.45) is 35.0 Å². The Morgan fingerprint density at radius 3 is 2.29 bits per heavy atom. The Morgan fingerprint density at radius 2 is 1.68 bits per heavy atom. The number of carbonyl (C=O) groups excluding carboxylic acids is 1. The van der Waals surface area contributed by atoms with Crippen molar-refractivity contribution in [3.63, 3.8) is 0 Å². The molecule has 0 aliphatic heterocycles. The Hall–Kier alpha value is -0.750. The third-order valence-electron chi connectivity index (χ3n) is 10.3. The highest BCUT2D eigenvalue weighted by atomic mass is 32.2. The van der Waals surface area contributed by atoms with Gasteiger partial charge in [-0.3, -0.25) is 4.79 Å². The molecule has 4 fully saturated rings. The molecular weight excluding hydrogens is 562 g/mol. The van der Waals surface area contributed by atoms with Crippen molar-refractivity contribution in [1.29, 1.82) is 0 Å². The van der Waals surface area contributed by atoms with Gasteiger partial charge in [-0.05, 0) is 68.7 Å². The van der Waals surface area contributed by atoms with Crippen LogP contribution in [0.4, 0.5) is 0 Å². The summed E-state index contributed by atoms with van der Waals surface area (Å²) in [5.41, 5.74) is -0.361. The Kier molecular flexibility index (Phi) is 10.9. The summed E-state index contributed by atoms with van der Waals surface area (Å²) in [7, 11) is -5.31. The minimum Gasteiger partial charge on any atom is -0.381 e. The number of hydrogen-bond acceptors (Lipinski definition) is 7. The third kappa shape index (κ3) is 8.89. The van der Waals surface area contributed by atoms with Gasteiger partial charge in [0.25, 0.3) is 0 Å². The number of ether oxygens (including phenoxy) is 1. The van der Waals surface area contributed by atoms with Crippen molar-refractivity contribution in [3.05, 3.63) is 0 Å². The smallest absolute Gasteiger partial charge is 0.225 e. The zero-order valence-corrected chi connectivity index (χ0v) is 27.4. The topological polar surface area (TPSA) is 131 Å². The van der Waals surface area contributed by atoms with Gasteiger partial charge in [0, 0.05) is 31.9 Å². The highest BCUT2D eigenvalue weighted by Crippen LogP contribution is 2.69. The fourth-order valence-corrected chi connectivity index (χ4v) is 10.5. The molecule has 0 aromatic rings. The van der Waals surface area contributed by atoms with E-state index in [9.17, 15) is 21.6 Å². The van der Waals surface area contributed by atoms with Gasteiger partial charge in [-0.15, -0.1) is 0 Å². The first kappa shape index (κ1) is 33.1. The molecule has 4 saturated carbocycles. The molecule has 0 aromatic carbocycles. The molecule has 0 radical (unpaired) electrons. The van der Waals surface area contributed by atoms with E-state index in [-0.39, 0.29) is 40.8 Å². The first-order valence-corrected chi connectivity index (χ1v) is 19.7. The zero-order chi connectivity index (χ0) is 29.9. The monoisotopic (exact) mass is 617 g/mol. The fourth-order valence-electron chi connectivity index (χ4n) is 8.01. The van der Waals surface area contributed by atoms with Crippen LogP contribution in [0.1, 0.15) is 90.9 Å². The van der Waals surface area contributed by atoms with Gasteiger partial charge in [-0.1, -0.05) is 52.4 Å². The molecule has 5 unspecified atom stereocenters. The van der Waals surface area contributed by atoms with Crippen LogP contribution in [0.15, 0.2) is 0 Å². The molecule has 1 amide bonds. The van der Waals surface area contributed by atoms with Crippen LogP contribution < -0.4 is 15.4 Å². The minimum absolute atomic E-state index is 0.0209. The highest BCUT2D eigenvalue weighted by Gasteiger charge is 2.72. The molecule has 0 saturated heterocycles. The summed E-state index contributed by atoms with van der Waals surface area (Å²) >= 11 is 0. The molecule has 3 N–H and O–H groups in total. The molecule has 0 heterocycles. The summed E-state index contributed by atoms with van der Waals surface area (Å²) in [6.07, 6.45) is 15.2. The summed E-state index contributed by atoms with van der Waals surface area (Å²) in [5.74, 6) is -0.218. The maximum Gasteiger partial charge on any atom is 0.225 e. The van der Waals surface area contributed by atoms with Gasteiger partial charge < -0.3 is 15.4 Å². The van der Waals surface area contributed by atoms with Crippen LogP contribution in [0.5, 0.6) is 0 Å². The highest BCUT2D eigenvalue weighted by molar-refractivity contribution is 7.90. The summed E-state index contributed by atoms with van der Waals surface area (Å²) in [4.78, 5) is 13.9. The molecule has 0 bridgehead atoms. The van der Waals surface area contributed by atoms with E-state index < -0.39 is 25.8 Å². The van der Waals surface area contributed by atoms with Crippen molar-refractivity contribution in [3.8, 4) is 0 Å². The van der Waals surface area contributed by atoms with Gasteiger partial charge >= 0.3 is 0 Å². The van der Waals surface area contributed by atoms with Gasteiger partial charge in [-0.2, -0.15) is 0 Å². The van der Waals surface area contributed by atoms with Crippen LogP contribution in [0.3, 0.4) is 0 Å². The summed E-state index contributed by atoms with van der Waals surface area (Å²) < 4.78 is 57.9. The molecule has 4 rings (SSSR count). The second kappa shape index (κ2) is 13.5. The number of sulfone groups is 1. The van der Waals surface area contributed by atoms with Crippen LogP contribution in [0.25, 0.3) is 0 Å². The van der Waals surface area contributed by atoms with Crippen LogP contribution >= 0.6 is 0 Å². The van der Waals surface area contributed by atoms with Crippen molar-refractivity contribution in [2.45, 2.75) is 103 Å². The second-order valence-electron chi connectivity index (χ2n) is 14.3. The first-order valence-electron chi connectivity index (χ1n) is 16.0. The fraction of sp³-hybridized carbons (Fsp3) is 0.967. The van der Waals surface area contributed by atoms with Crippen LogP contribution in [-0.4, -0.2) is 78.9 Å². The van der Waals surface area contributed by atoms with Crippen LogP contribution in [-0.2, 0) is 29.4 Å². The maximum absolute atomic E-state index is 13.9. The second-order valence-corrected chi connectivity index (χ2v) is 18.3. The quantitative estimate of drug-likeness (QED) is 0.242. The SMILES string of the molecule is COC1CCCC(CNCC2(C3(NC(=O)C(CNS(=O)(=O)CC(C)C)CS(C)(=O)=O)CC3C3CCCCC3)CC2)C1. The molecular formula is C30H55N3O6S2. The van der Waals surface area contributed by atoms with Gasteiger partial charge in [0.05, 0.1) is 29.1 Å². The van der Waals surface area contributed by atoms with Crippen LogP contribution in [0, 0.1) is 35.0 Å². The molecule has 5 atom stereocenters. The third-order valence-corrected chi connectivity index (χ3v) is 13.0. The van der Waals surface area contributed by atoms with E-state index in [0.29, 0.717) is 23.9 Å². The van der Waals surface area contributed by atoms with Gasteiger partial charge in [-0.25, -0.2) is 21.6 Å². The van der Waals surface area contributed by atoms with E-state index in [4.69, 9.17) is 4.74 Å². The first-order chi connectivity index (χ1) is 19.3. The van der Waals surface area contributed by atoms with E-state index in [2.05, 4.69) is 15.4 Å². The Bertz CT molecular complexity index is 1100. The summed E-state index contributed by atoms with van der Waals surface area (Å²) in [6.45, 7) is 5.23. The molecule has 238 valence electrons. The molecule has 9 nitrogen and oxygen atoms in total. The normalized spacial score (nSPS) is 31.1. The lowest BCUT2D eigenvalue weighted by atomic mass is 9.80. The minimum atomic E-state index is -3.61. The number of sulfonamides is 1. The van der Waals surface area contributed by atoms with Crippen LogP contribution in [0.2, 0.25) is 0 Å². The molecule has 0 spiro atoms. The van der Waals surface area contributed by atoms with Crippen molar-refractivity contribution in [1.82, 2.24) is 15.4 Å². The number of methoxy groups -OCH3 is 1. The number of carbonyl (C=O) groups is 1. The van der Waals surface area contributed by atoms with E-state index in [1.165, 1.54) is 44.9 Å². The lowest BCUT2D eigenvalue weighted by molar-refractivity contribution is -0.126. The molecule has 0 aromatic heterocycles. The predicted octanol–water partition coefficient (Wildman–Crippen LogP) is 3.25. The Balaban J connectivity index is 1.47. The van der Waals surface area contributed by atoms with E-state index >= 15 is 0 Å². The number of hydrogen-bond donors (Lipinski definition) is 3. The summed E-state index contributed by atoms with van der Waals surface area (Å²) in [6, 6.07) is 0. The van der Waals surface area contributed by atoms with Crippen molar-refractivity contribution >= 4 is 25.8 Å². The standard InChI is InChI=1S/C30H55N3O6S2/c1-22(2)19-41(37,38)32-18-25(20-40(4,35)36)28(34)33-30(16-27(30)24-10-6-5-7-11-24)29(13-14-29)21-31-17-23-9-8-12-26(15-23)39-3/h22-27,31-32H,5-21H2,1-4H3,(H,33,34). The lowest BCUT2D eigenvalue weighted by Gasteiger charge is -2.35. The number of nitrogens with one attached hydrogen (secondary N) is 3. The van der Waals surface area contributed by atoms with Gasteiger partial charge in [0.1, 0.15) is 9.84 Å². The average molecular weight is 618 g/mol. The van der Waals surface area contributed by atoms with Crippen molar-refractivity contribution < 1.29 is 26.4 Å². The van der Waals surface area contributed by atoms with E-state index in [1.807, 2.05) is 13.8 Å². The molecule has 41 heavy (non-hydrogen) atoms. The number of amides is 1. The number of rotatable bonds is 16. The molecule has 11 heteroatoms. The van der Waals surface area contributed by atoms with Gasteiger partial charge in [0.15, 0.2) is 0 Å². The largest absolute Gasteiger partial charge is 0.381 e. The maximum atomic E-state index is 13.9.